The van der Waals surface area contributed by atoms with E-state index in [9.17, 15) is 26.7 Å². The van der Waals surface area contributed by atoms with E-state index in [4.69, 9.17) is 0 Å². The van der Waals surface area contributed by atoms with Gasteiger partial charge in [-0.25, -0.2) is 14.9 Å². The van der Waals surface area contributed by atoms with E-state index >= 15 is 0 Å². The maximum Gasteiger partial charge on any atom is 0.414 e. The fourth-order valence-electron chi connectivity index (χ4n) is 0.832. The monoisotopic (exact) mass is 256 g/mol. The molecule has 0 bridgehead atoms. The first kappa shape index (κ1) is 13.3. The van der Waals surface area contributed by atoms with Crippen LogP contribution >= 0.6 is 0 Å². The Morgan fingerprint density at radius 3 is 2.65 bits per heavy atom. The summed E-state index contributed by atoms with van der Waals surface area (Å²) in [7, 11) is 0. The van der Waals surface area contributed by atoms with Gasteiger partial charge in [0.15, 0.2) is 12.4 Å². The molecule has 1 aromatic heterocycles. The van der Waals surface area contributed by atoms with Gasteiger partial charge in [-0.15, -0.1) is 0 Å². The molecular formula is C8H5F5N2O2. The minimum Gasteiger partial charge on any atom is -0.267 e. The molecule has 0 aliphatic rings. The number of pyridine rings is 1. The quantitative estimate of drug-likeness (QED) is 0.507. The van der Waals surface area contributed by atoms with E-state index in [1.165, 1.54) is 5.48 Å². The molecule has 0 atom stereocenters. The zero-order valence-electron chi connectivity index (χ0n) is 8.02. The van der Waals surface area contributed by atoms with Crippen LogP contribution in [0, 0.1) is 11.8 Å². The summed E-state index contributed by atoms with van der Waals surface area (Å²) in [6.45, 7) is -1.74. The minimum absolute atomic E-state index is 0.789. The van der Waals surface area contributed by atoms with Crippen molar-refractivity contribution < 1.29 is 31.6 Å². The summed E-state index contributed by atoms with van der Waals surface area (Å²) >= 11 is 0. The lowest BCUT2D eigenvalue weighted by molar-refractivity contribution is -0.184. The van der Waals surface area contributed by atoms with Gasteiger partial charge in [0.2, 0.25) is 5.95 Å². The summed E-state index contributed by atoms with van der Waals surface area (Å²) in [5.74, 6) is -4.44. The zero-order valence-corrected chi connectivity index (χ0v) is 8.02. The van der Waals surface area contributed by atoms with Gasteiger partial charge in [-0.1, -0.05) is 0 Å². The van der Waals surface area contributed by atoms with Crippen molar-refractivity contribution in [2.75, 3.05) is 6.61 Å². The number of nitrogens with one attached hydrogen (secondary N) is 1. The molecule has 0 unspecified atom stereocenters. The third-order valence-electron chi connectivity index (χ3n) is 1.49. The Morgan fingerprint density at radius 2 is 2.06 bits per heavy atom. The van der Waals surface area contributed by atoms with Gasteiger partial charge in [-0.2, -0.15) is 17.6 Å². The van der Waals surface area contributed by atoms with Crippen LogP contribution in [0.15, 0.2) is 12.3 Å². The molecular weight excluding hydrogens is 251 g/mol. The van der Waals surface area contributed by atoms with Crippen molar-refractivity contribution in [1.82, 2.24) is 10.5 Å². The maximum atomic E-state index is 12.9. The van der Waals surface area contributed by atoms with E-state index in [1.807, 2.05) is 0 Å². The van der Waals surface area contributed by atoms with Crippen molar-refractivity contribution in [3.8, 4) is 0 Å². The average Bonchev–Trinajstić information content (AvgIpc) is 2.20. The lowest BCUT2D eigenvalue weighted by Crippen LogP contribution is -2.30. The Kier molecular flexibility index (Phi) is 3.94. The normalized spacial score (nSPS) is 11.4. The molecule has 0 fully saturated rings. The summed E-state index contributed by atoms with van der Waals surface area (Å²) in [5.41, 5.74) is 0.524. The second-order valence-electron chi connectivity index (χ2n) is 2.80. The molecule has 1 heterocycles. The standard InChI is InChI=1S/C8H5F5N2O2/c9-5-4(1-2-14-6(5)10)7(16)15-17-3-8(11,12)13/h1-2H,3H2,(H,15,16). The number of carbonyl (C=O) groups is 1. The highest BCUT2D eigenvalue weighted by Crippen LogP contribution is 2.14. The van der Waals surface area contributed by atoms with Gasteiger partial charge < -0.3 is 0 Å². The van der Waals surface area contributed by atoms with Crippen molar-refractivity contribution in [2.45, 2.75) is 6.18 Å². The van der Waals surface area contributed by atoms with Crippen molar-refractivity contribution in [3.63, 3.8) is 0 Å². The van der Waals surface area contributed by atoms with Crippen LogP contribution in [0.5, 0.6) is 0 Å². The SMILES string of the molecule is O=C(NOCC(F)(F)F)c1ccnc(F)c1F. The highest BCUT2D eigenvalue weighted by molar-refractivity contribution is 5.93. The molecule has 0 aliphatic heterocycles. The summed E-state index contributed by atoms with van der Waals surface area (Å²) in [6, 6.07) is 0.796. The summed E-state index contributed by atoms with van der Waals surface area (Å²) in [5, 5.41) is 0. The summed E-state index contributed by atoms with van der Waals surface area (Å²) < 4.78 is 60.4. The smallest absolute Gasteiger partial charge is 0.267 e. The Hall–Kier alpha value is -1.77. The molecule has 1 N–H and O–H groups in total. The minimum atomic E-state index is -4.64. The first-order valence-corrected chi connectivity index (χ1v) is 4.10. The molecule has 1 aromatic rings. The molecule has 0 aromatic carbocycles. The third kappa shape index (κ3) is 3.94. The number of aromatic nitrogens is 1. The lowest BCUT2D eigenvalue weighted by atomic mass is 10.2. The van der Waals surface area contributed by atoms with Gasteiger partial charge in [0.25, 0.3) is 5.91 Å². The van der Waals surface area contributed by atoms with Gasteiger partial charge in [0.05, 0.1) is 5.56 Å². The summed E-state index contributed by atoms with van der Waals surface area (Å²) in [4.78, 5) is 17.7. The number of halogens is 5. The van der Waals surface area contributed by atoms with Gasteiger partial charge in [0.1, 0.15) is 0 Å². The molecule has 1 rings (SSSR count). The molecule has 0 saturated heterocycles. The predicted octanol–water partition coefficient (Wildman–Crippen LogP) is 1.58. The predicted molar refractivity (Wildman–Crippen MR) is 43.6 cm³/mol. The van der Waals surface area contributed by atoms with E-state index in [1.54, 1.807) is 0 Å². The highest BCUT2D eigenvalue weighted by Gasteiger charge is 2.28. The van der Waals surface area contributed by atoms with E-state index in [-0.39, 0.29) is 0 Å². The van der Waals surface area contributed by atoms with Crippen LogP contribution in [-0.4, -0.2) is 23.7 Å². The van der Waals surface area contributed by atoms with Gasteiger partial charge >= 0.3 is 6.18 Å². The molecule has 1 amide bonds. The molecule has 4 nitrogen and oxygen atoms in total. The number of rotatable bonds is 3. The van der Waals surface area contributed by atoms with Crippen LogP contribution in [0.1, 0.15) is 10.4 Å². The Labute approximate surface area is 91.4 Å². The molecule has 94 valence electrons. The van der Waals surface area contributed by atoms with Crippen molar-refractivity contribution >= 4 is 5.91 Å². The van der Waals surface area contributed by atoms with Gasteiger partial charge in [-0.05, 0) is 6.07 Å². The van der Waals surface area contributed by atoms with Crippen LogP contribution in [0.2, 0.25) is 0 Å². The maximum absolute atomic E-state index is 12.9. The number of nitrogens with zero attached hydrogens (tertiary/aromatic N) is 1. The van der Waals surface area contributed by atoms with Gasteiger partial charge in [0, 0.05) is 6.20 Å². The van der Waals surface area contributed by atoms with Crippen LogP contribution < -0.4 is 5.48 Å². The molecule has 0 spiro atoms. The molecule has 0 saturated carbocycles. The Balaban J connectivity index is 2.62. The fraction of sp³-hybridized carbons (Fsp3) is 0.250. The summed E-state index contributed by atoms with van der Waals surface area (Å²) in [6.07, 6.45) is -3.85. The number of amides is 1. The zero-order chi connectivity index (χ0) is 13.1. The van der Waals surface area contributed by atoms with Gasteiger partial charge in [-0.3, -0.25) is 9.63 Å². The van der Waals surface area contributed by atoms with Crippen molar-refractivity contribution in [3.05, 3.63) is 29.6 Å². The third-order valence-corrected chi connectivity index (χ3v) is 1.49. The largest absolute Gasteiger partial charge is 0.414 e. The number of hydrogen-bond acceptors (Lipinski definition) is 3. The first-order valence-electron chi connectivity index (χ1n) is 4.10. The number of carbonyl (C=O) groups excluding carboxylic acids is 1. The topological polar surface area (TPSA) is 51.2 Å². The van der Waals surface area contributed by atoms with Crippen LogP contribution in [-0.2, 0) is 4.84 Å². The molecule has 0 radical (unpaired) electrons. The highest BCUT2D eigenvalue weighted by atomic mass is 19.4. The second kappa shape index (κ2) is 5.04. The lowest BCUT2D eigenvalue weighted by Gasteiger charge is -2.08. The first-order chi connectivity index (χ1) is 7.81. The van der Waals surface area contributed by atoms with Crippen LogP contribution in [0.4, 0.5) is 22.0 Å². The average molecular weight is 256 g/mol. The van der Waals surface area contributed by atoms with Crippen LogP contribution in [0.25, 0.3) is 0 Å². The Bertz CT molecular complexity index is 421. The van der Waals surface area contributed by atoms with E-state index < -0.39 is 36.0 Å². The molecule has 17 heavy (non-hydrogen) atoms. The van der Waals surface area contributed by atoms with E-state index in [2.05, 4.69) is 9.82 Å². The van der Waals surface area contributed by atoms with Crippen molar-refractivity contribution in [1.29, 1.82) is 0 Å². The number of alkyl halides is 3. The second-order valence-corrected chi connectivity index (χ2v) is 2.80. The van der Waals surface area contributed by atoms with Crippen LogP contribution in [0.3, 0.4) is 0 Å². The van der Waals surface area contributed by atoms with Crippen molar-refractivity contribution in [2.24, 2.45) is 0 Å². The number of hydroxylamine groups is 1. The molecule has 0 aliphatic carbocycles. The van der Waals surface area contributed by atoms with E-state index in [0.717, 1.165) is 12.3 Å². The van der Waals surface area contributed by atoms with E-state index in [0.29, 0.717) is 0 Å². The number of hydrogen-bond donors (Lipinski definition) is 1. The fourth-order valence-corrected chi connectivity index (χ4v) is 0.832. The molecule has 9 heteroatoms. The Morgan fingerprint density at radius 1 is 1.41 bits per heavy atom.